The average molecular weight is 316 g/mol. The van der Waals surface area contributed by atoms with Gasteiger partial charge in [-0.1, -0.05) is 0 Å². The molecule has 0 bridgehead atoms. The van der Waals surface area contributed by atoms with Crippen molar-refractivity contribution < 1.29 is 4.79 Å². The van der Waals surface area contributed by atoms with Crippen LogP contribution in [0.25, 0.3) is 0 Å². The number of pyridine rings is 1. The van der Waals surface area contributed by atoms with Gasteiger partial charge in [-0.25, -0.2) is 4.79 Å². The highest BCUT2D eigenvalue weighted by molar-refractivity contribution is 7.07. The van der Waals surface area contributed by atoms with Gasteiger partial charge in [0.1, 0.15) is 0 Å². The van der Waals surface area contributed by atoms with Gasteiger partial charge in [-0.05, 0) is 41.4 Å². The van der Waals surface area contributed by atoms with Crippen molar-refractivity contribution in [3.8, 4) is 0 Å². The second kappa shape index (κ2) is 6.79. The first-order valence-corrected chi connectivity index (χ1v) is 8.41. The smallest absolute Gasteiger partial charge is 0.317 e. The Morgan fingerprint density at radius 1 is 1.32 bits per heavy atom. The number of piperazine rings is 1. The number of thiophene rings is 1. The number of anilines is 1. The predicted octanol–water partition coefficient (Wildman–Crippen LogP) is 2.74. The number of nitrogens with zero attached hydrogens (tertiary/aromatic N) is 3. The third-order valence-corrected chi connectivity index (χ3v) is 4.66. The Balaban J connectivity index is 1.52. The fourth-order valence-corrected chi connectivity index (χ4v) is 3.34. The maximum Gasteiger partial charge on any atom is 0.317 e. The molecule has 0 aromatic carbocycles. The van der Waals surface area contributed by atoms with Crippen molar-refractivity contribution in [2.24, 2.45) is 0 Å². The molecule has 2 amide bonds. The van der Waals surface area contributed by atoms with Gasteiger partial charge in [0, 0.05) is 32.4 Å². The molecule has 1 aliphatic rings. The molecular weight excluding hydrogens is 296 g/mol. The first-order chi connectivity index (χ1) is 10.7. The summed E-state index contributed by atoms with van der Waals surface area (Å²) in [5, 5.41) is 7.18. The number of carbonyl (C=O) groups is 1. The van der Waals surface area contributed by atoms with Gasteiger partial charge in [-0.2, -0.15) is 11.3 Å². The van der Waals surface area contributed by atoms with Crippen LogP contribution in [0.4, 0.5) is 10.5 Å². The molecule has 2 aromatic heterocycles. The Morgan fingerprint density at radius 3 is 2.77 bits per heavy atom. The molecule has 2 aromatic rings. The minimum atomic E-state index is 0.0181. The lowest BCUT2D eigenvalue weighted by Crippen LogP contribution is -2.52. The van der Waals surface area contributed by atoms with Gasteiger partial charge < -0.3 is 15.1 Å². The highest BCUT2D eigenvalue weighted by Gasteiger charge is 2.22. The summed E-state index contributed by atoms with van der Waals surface area (Å²) in [6.45, 7) is 5.16. The number of carbonyl (C=O) groups excluding carboxylic acids is 1. The molecule has 116 valence electrons. The topological polar surface area (TPSA) is 48.5 Å². The van der Waals surface area contributed by atoms with E-state index in [1.807, 2.05) is 29.5 Å². The summed E-state index contributed by atoms with van der Waals surface area (Å²) in [6, 6.07) is 6.12. The molecule has 1 atom stereocenters. The molecule has 0 spiro atoms. The fourth-order valence-electron chi connectivity index (χ4n) is 2.59. The lowest BCUT2D eigenvalue weighted by Gasteiger charge is -2.36. The Morgan fingerprint density at radius 2 is 2.14 bits per heavy atom. The molecule has 6 heteroatoms. The predicted molar refractivity (Wildman–Crippen MR) is 89.3 cm³/mol. The normalized spacial score (nSPS) is 16.4. The highest BCUT2D eigenvalue weighted by Crippen LogP contribution is 2.17. The van der Waals surface area contributed by atoms with E-state index in [2.05, 4.69) is 32.7 Å². The van der Waals surface area contributed by atoms with E-state index in [0.29, 0.717) is 0 Å². The quantitative estimate of drug-likeness (QED) is 0.947. The van der Waals surface area contributed by atoms with Gasteiger partial charge >= 0.3 is 6.03 Å². The van der Waals surface area contributed by atoms with Crippen molar-refractivity contribution in [3.63, 3.8) is 0 Å². The summed E-state index contributed by atoms with van der Waals surface area (Å²) in [6.07, 6.45) is 3.65. The van der Waals surface area contributed by atoms with E-state index in [4.69, 9.17) is 0 Å². The Hall–Kier alpha value is -2.08. The molecule has 3 rings (SSSR count). The van der Waals surface area contributed by atoms with Crippen LogP contribution in [-0.2, 0) is 0 Å². The zero-order chi connectivity index (χ0) is 15.4. The van der Waals surface area contributed by atoms with Gasteiger partial charge in [0.05, 0.1) is 17.9 Å². The third-order valence-electron chi connectivity index (χ3n) is 3.96. The Labute approximate surface area is 134 Å². The second-order valence-electron chi connectivity index (χ2n) is 5.41. The molecule has 0 aliphatic carbocycles. The van der Waals surface area contributed by atoms with Crippen LogP contribution in [0.3, 0.4) is 0 Å². The summed E-state index contributed by atoms with van der Waals surface area (Å²) in [7, 11) is 0. The van der Waals surface area contributed by atoms with Crippen molar-refractivity contribution in [1.29, 1.82) is 0 Å². The molecule has 0 saturated carbocycles. The van der Waals surface area contributed by atoms with Crippen LogP contribution in [-0.4, -0.2) is 42.1 Å². The van der Waals surface area contributed by atoms with E-state index in [9.17, 15) is 4.79 Å². The van der Waals surface area contributed by atoms with Crippen molar-refractivity contribution in [3.05, 3.63) is 46.9 Å². The largest absolute Gasteiger partial charge is 0.367 e. The molecule has 3 heterocycles. The molecule has 1 fully saturated rings. The SMILES string of the molecule is CC(NC(=O)N1CCN(c2cccnc2)CC1)c1ccsc1. The van der Waals surface area contributed by atoms with Crippen LogP contribution in [0.2, 0.25) is 0 Å². The maximum absolute atomic E-state index is 12.3. The number of hydrogen-bond acceptors (Lipinski definition) is 4. The zero-order valence-electron chi connectivity index (χ0n) is 12.6. The minimum absolute atomic E-state index is 0.0181. The average Bonchev–Trinajstić information content (AvgIpc) is 3.10. The summed E-state index contributed by atoms with van der Waals surface area (Å²) in [4.78, 5) is 20.6. The van der Waals surface area contributed by atoms with Crippen LogP contribution in [0.15, 0.2) is 41.4 Å². The van der Waals surface area contributed by atoms with Gasteiger partial charge in [0.15, 0.2) is 0 Å². The van der Waals surface area contributed by atoms with Crippen molar-refractivity contribution in [2.75, 3.05) is 31.1 Å². The van der Waals surface area contributed by atoms with E-state index in [-0.39, 0.29) is 12.1 Å². The van der Waals surface area contributed by atoms with Crippen LogP contribution >= 0.6 is 11.3 Å². The fraction of sp³-hybridized carbons (Fsp3) is 0.375. The highest BCUT2D eigenvalue weighted by atomic mass is 32.1. The van der Waals surface area contributed by atoms with Crippen LogP contribution in [0.5, 0.6) is 0 Å². The van der Waals surface area contributed by atoms with Gasteiger partial charge in [0.25, 0.3) is 0 Å². The maximum atomic E-state index is 12.3. The number of urea groups is 1. The standard InChI is InChI=1S/C16H20N4OS/c1-13(14-4-10-22-12-14)18-16(21)20-8-6-19(7-9-20)15-3-2-5-17-11-15/h2-5,10-13H,6-9H2,1H3,(H,18,21). The Kier molecular flexibility index (Phi) is 4.58. The molecule has 1 unspecified atom stereocenters. The molecule has 1 aliphatic heterocycles. The number of amides is 2. The molecule has 1 N–H and O–H groups in total. The van der Waals surface area contributed by atoms with Crippen molar-refractivity contribution >= 4 is 23.1 Å². The van der Waals surface area contributed by atoms with Gasteiger partial charge in [-0.3, -0.25) is 4.98 Å². The van der Waals surface area contributed by atoms with E-state index in [1.54, 1.807) is 17.5 Å². The monoisotopic (exact) mass is 316 g/mol. The third kappa shape index (κ3) is 3.39. The van der Waals surface area contributed by atoms with Crippen LogP contribution < -0.4 is 10.2 Å². The summed E-state index contributed by atoms with van der Waals surface area (Å²) >= 11 is 1.65. The lowest BCUT2D eigenvalue weighted by atomic mass is 10.2. The summed E-state index contributed by atoms with van der Waals surface area (Å²) in [5.41, 5.74) is 2.28. The Bertz CT molecular complexity index is 594. The van der Waals surface area contributed by atoms with Gasteiger partial charge in [0.2, 0.25) is 0 Å². The number of nitrogens with one attached hydrogen (secondary N) is 1. The van der Waals surface area contributed by atoms with E-state index in [0.717, 1.165) is 37.4 Å². The zero-order valence-corrected chi connectivity index (χ0v) is 13.4. The molecule has 0 radical (unpaired) electrons. The van der Waals surface area contributed by atoms with E-state index >= 15 is 0 Å². The number of aromatic nitrogens is 1. The van der Waals surface area contributed by atoms with Gasteiger partial charge in [-0.15, -0.1) is 0 Å². The van der Waals surface area contributed by atoms with Crippen molar-refractivity contribution in [2.45, 2.75) is 13.0 Å². The number of hydrogen-bond donors (Lipinski definition) is 1. The number of rotatable bonds is 3. The molecule has 5 nitrogen and oxygen atoms in total. The molecule has 1 saturated heterocycles. The van der Waals surface area contributed by atoms with Crippen LogP contribution in [0.1, 0.15) is 18.5 Å². The summed E-state index contributed by atoms with van der Waals surface area (Å²) < 4.78 is 0. The second-order valence-corrected chi connectivity index (χ2v) is 6.19. The summed E-state index contributed by atoms with van der Waals surface area (Å²) in [5.74, 6) is 0. The van der Waals surface area contributed by atoms with Crippen molar-refractivity contribution in [1.82, 2.24) is 15.2 Å². The first kappa shape index (κ1) is 14.8. The molecule has 22 heavy (non-hydrogen) atoms. The van der Waals surface area contributed by atoms with E-state index < -0.39 is 0 Å². The van der Waals surface area contributed by atoms with E-state index in [1.165, 1.54) is 0 Å². The lowest BCUT2D eigenvalue weighted by molar-refractivity contribution is 0.191. The van der Waals surface area contributed by atoms with Crippen LogP contribution in [0, 0.1) is 0 Å². The minimum Gasteiger partial charge on any atom is -0.367 e. The first-order valence-electron chi connectivity index (χ1n) is 7.46. The molecular formula is C16H20N4OS.